The van der Waals surface area contributed by atoms with Crippen LogP contribution in [0.3, 0.4) is 0 Å². The molecule has 1 saturated heterocycles. The Labute approximate surface area is 122 Å². The van der Waals surface area contributed by atoms with Crippen LogP contribution in [0.25, 0.3) is 0 Å². The van der Waals surface area contributed by atoms with Crippen LogP contribution in [-0.2, 0) is 0 Å². The van der Waals surface area contributed by atoms with E-state index in [4.69, 9.17) is 0 Å². The Morgan fingerprint density at radius 1 is 1.35 bits per heavy atom. The van der Waals surface area contributed by atoms with Crippen molar-refractivity contribution in [1.29, 1.82) is 0 Å². The molecule has 1 atom stereocenters. The first-order chi connectivity index (χ1) is 9.74. The summed E-state index contributed by atoms with van der Waals surface area (Å²) in [5.41, 5.74) is 3.05. The Bertz CT molecular complexity index is 451. The first-order valence-corrected chi connectivity index (χ1v) is 8.16. The van der Waals surface area contributed by atoms with Crippen molar-refractivity contribution >= 4 is 5.69 Å². The number of hydrogen-bond acceptors (Lipinski definition) is 3. The molecule has 1 aliphatic carbocycles. The van der Waals surface area contributed by atoms with Gasteiger partial charge in [-0.05, 0) is 37.8 Å². The van der Waals surface area contributed by atoms with Gasteiger partial charge >= 0.3 is 0 Å². The fraction of sp³-hybridized carbons (Fsp3) is 0.706. The molecule has 110 valence electrons. The van der Waals surface area contributed by atoms with Crippen molar-refractivity contribution in [3.8, 4) is 0 Å². The lowest BCUT2D eigenvalue weighted by Gasteiger charge is -2.50. The molecule has 3 heteroatoms. The molecule has 1 N–H and O–H groups in total. The largest absolute Gasteiger partial charge is 0.364 e. The SMILES string of the molecule is CCC1CNC2(CCCCC2)CN1c1cnccc1C. The number of anilines is 1. The van der Waals surface area contributed by atoms with E-state index in [9.17, 15) is 0 Å². The van der Waals surface area contributed by atoms with E-state index in [1.807, 2.05) is 6.20 Å². The van der Waals surface area contributed by atoms with Crippen LogP contribution in [0.1, 0.15) is 51.0 Å². The summed E-state index contributed by atoms with van der Waals surface area (Å²) < 4.78 is 0. The van der Waals surface area contributed by atoms with E-state index in [0.717, 1.165) is 13.1 Å². The van der Waals surface area contributed by atoms with Gasteiger partial charge in [-0.25, -0.2) is 0 Å². The molecule has 0 amide bonds. The number of pyridine rings is 1. The molecule has 3 nitrogen and oxygen atoms in total. The molecule has 1 aliphatic heterocycles. The average molecular weight is 273 g/mol. The maximum absolute atomic E-state index is 4.36. The van der Waals surface area contributed by atoms with Gasteiger partial charge in [0.1, 0.15) is 0 Å². The summed E-state index contributed by atoms with van der Waals surface area (Å²) in [7, 11) is 0. The highest BCUT2D eigenvalue weighted by Gasteiger charge is 2.39. The van der Waals surface area contributed by atoms with E-state index in [0.29, 0.717) is 11.6 Å². The summed E-state index contributed by atoms with van der Waals surface area (Å²) in [4.78, 5) is 6.99. The van der Waals surface area contributed by atoms with Crippen molar-refractivity contribution in [1.82, 2.24) is 10.3 Å². The molecule has 20 heavy (non-hydrogen) atoms. The Hall–Kier alpha value is -1.09. The molecule has 2 heterocycles. The number of piperazine rings is 1. The van der Waals surface area contributed by atoms with Crippen molar-refractivity contribution in [2.75, 3.05) is 18.0 Å². The topological polar surface area (TPSA) is 28.2 Å². The van der Waals surface area contributed by atoms with Gasteiger partial charge in [0.2, 0.25) is 0 Å². The van der Waals surface area contributed by atoms with Gasteiger partial charge < -0.3 is 10.2 Å². The lowest BCUT2D eigenvalue weighted by Crippen LogP contribution is -2.65. The number of rotatable bonds is 2. The number of nitrogens with zero attached hydrogens (tertiary/aromatic N) is 2. The molecule has 3 rings (SSSR count). The summed E-state index contributed by atoms with van der Waals surface area (Å²) in [5.74, 6) is 0. The second-order valence-corrected chi connectivity index (χ2v) is 6.57. The van der Waals surface area contributed by atoms with Crippen LogP contribution in [0, 0.1) is 6.92 Å². The third-order valence-electron chi connectivity index (χ3n) is 5.23. The van der Waals surface area contributed by atoms with E-state index in [1.165, 1.54) is 49.8 Å². The van der Waals surface area contributed by atoms with Gasteiger partial charge in [-0.1, -0.05) is 26.2 Å². The van der Waals surface area contributed by atoms with Gasteiger partial charge in [0.25, 0.3) is 0 Å². The molecular formula is C17H27N3. The van der Waals surface area contributed by atoms with E-state index in [1.54, 1.807) is 0 Å². The van der Waals surface area contributed by atoms with Gasteiger partial charge in [-0.3, -0.25) is 4.98 Å². The zero-order valence-corrected chi connectivity index (χ0v) is 12.9. The highest BCUT2D eigenvalue weighted by atomic mass is 15.3. The summed E-state index contributed by atoms with van der Waals surface area (Å²) in [5, 5.41) is 3.89. The van der Waals surface area contributed by atoms with Gasteiger partial charge in [-0.15, -0.1) is 0 Å². The Balaban J connectivity index is 1.87. The predicted octanol–water partition coefficient (Wildman–Crippen LogP) is 3.28. The lowest BCUT2D eigenvalue weighted by atomic mass is 9.79. The number of aromatic nitrogens is 1. The second-order valence-electron chi connectivity index (χ2n) is 6.57. The van der Waals surface area contributed by atoms with Crippen LogP contribution in [0.2, 0.25) is 0 Å². The fourth-order valence-electron chi connectivity index (χ4n) is 3.92. The first kappa shape index (κ1) is 13.9. The molecular weight excluding hydrogens is 246 g/mol. The monoisotopic (exact) mass is 273 g/mol. The normalized spacial score (nSPS) is 25.9. The van der Waals surface area contributed by atoms with Crippen molar-refractivity contribution in [3.05, 3.63) is 24.0 Å². The zero-order valence-electron chi connectivity index (χ0n) is 12.9. The summed E-state index contributed by atoms with van der Waals surface area (Å²) in [6, 6.07) is 2.74. The van der Waals surface area contributed by atoms with Crippen molar-refractivity contribution in [3.63, 3.8) is 0 Å². The van der Waals surface area contributed by atoms with Gasteiger partial charge in [-0.2, -0.15) is 0 Å². The molecule has 1 aromatic rings. The van der Waals surface area contributed by atoms with Crippen LogP contribution in [0.4, 0.5) is 5.69 Å². The third-order valence-corrected chi connectivity index (χ3v) is 5.23. The van der Waals surface area contributed by atoms with Crippen LogP contribution < -0.4 is 10.2 Å². The Morgan fingerprint density at radius 3 is 2.85 bits per heavy atom. The van der Waals surface area contributed by atoms with E-state index < -0.39 is 0 Å². The molecule has 1 spiro atoms. The lowest BCUT2D eigenvalue weighted by molar-refractivity contribution is 0.195. The predicted molar refractivity (Wildman–Crippen MR) is 84.2 cm³/mol. The van der Waals surface area contributed by atoms with E-state index in [-0.39, 0.29) is 0 Å². The minimum Gasteiger partial charge on any atom is -0.364 e. The summed E-state index contributed by atoms with van der Waals surface area (Å²) in [6.07, 6.45) is 12.0. The van der Waals surface area contributed by atoms with Crippen LogP contribution >= 0.6 is 0 Å². The zero-order chi connectivity index (χ0) is 14.0. The standard InChI is InChI=1S/C17H27N3/c1-3-15-11-19-17(8-5-4-6-9-17)13-20(15)16-12-18-10-7-14(16)2/h7,10,12,15,19H,3-6,8-9,11,13H2,1-2H3. The van der Waals surface area contributed by atoms with Crippen molar-refractivity contribution < 1.29 is 0 Å². The highest BCUT2D eigenvalue weighted by Crippen LogP contribution is 2.35. The minimum absolute atomic E-state index is 0.353. The molecule has 2 aliphatic rings. The second kappa shape index (κ2) is 5.72. The van der Waals surface area contributed by atoms with Crippen LogP contribution in [-0.4, -0.2) is 29.7 Å². The highest BCUT2D eigenvalue weighted by molar-refractivity contribution is 5.53. The summed E-state index contributed by atoms with van der Waals surface area (Å²) >= 11 is 0. The minimum atomic E-state index is 0.353. The molecule has 1 unspecified atom stereocenters. The molecule has 1 aromatic heterocycles. The number of hydrogen-bond donors (Lipinski definition) is 1. The smallest absolute Gasteiger partial charge is 0.0586 e. The maximum Gasteiger partial charge on any atom is 0.0586 e. The first-order valence-electron chi connectivity index (χ1n) is 8.16. The third kappa shape index (κ3) is 2.56. The van der Waals surface area contributed by atoms with Gasteiger partial charge in [0.05, 0.1) is 11.9 Å². The fourth-order valence-corrected chi connectivity index (χ4v) is 3.92. The van der Waals surface area contributed by atoms with Crippen molar-refractivity contribution in [2.24, 2.45) is 0 Å². The Kier molecular flexibility index (Phi) is 3.97. The molecule has 0 aromatic carbocycles. The van der Waals surface area contributed by atoms with Gasteiger partial charge in [0.15, 0.2) is 0 Å². The number of nitrogens with one attached hydrogen (secondary N) is 1. The maximum atomic E-state index is 4.36. The molecule has 1 saturated carbocycles. The van der Waals surface area contributed by atoms with Crippen LogP contribution in [0.5, 0.6) is 0 Å². The van der Waals surface area contributed by atoms with Crippen molar-refractivity contribution in [2.45, 2.75) is 64.0 Å². The van der Waals surface area contributed by atoms with Gasteiger partial charge in [0, 0.05) is 30.9 Å². The van der Waals surface area contributed by atoms with E-state index >= 15 is 0 Å². The molecule has 0 radical (unpaired) electrons. The summed E-state index contributed by atoms with van der Waals surface area (Å²) in [6.45, 7) is 6.77. The molecule has 0 bridgehead atoms. The number of aryl methyl sites for hydroxylation is 1. The molecule has 2 fully saturated rings. The van der Waals surface area contributed by atoms with Crippen LogP contribution in [0.15, 0.2) is 18.5 Å². The van der Waals surface area contributed by atoms with E-state index in [2.05, 4.69) is 41.3 Å². The average Bonchev–Trinajstić information content (AvgIpc) is 2.49. The Morgan fingerprint density at radius 2 is 2.15 bits per heavy atom. The quantitative estimate of drug-likeness (QED) is 0.896.